The Kier molecular flexibility index (Phi) is 4.57. The Morgan fingerprint density at radius 2 is 1.72 bits per heavy atom. The summed E-state index contributed by atoms with van der Waals surface area (Å²) in [6.45, 7) is 0. The van der Waals surface area contributed by atoms with Crippen LogP contribution in [0.5, 0.6) is 0 Å². The third-order valence-electron chi connectivity index (χ3n) is 2.24. The molecule has 0 aromatic heterocycles. The number of halogens is 3. The number of carbonyl (C=O) groups excluding carboxylic acids is 1. The van der Waals surface area contributed by atoms with E-state index in [2.05, 4.69) is 0 Å². The monoisotopic (exact) mass is 316 g/mol. The van der Waals surface area contributed by atoms with E-state index in [1.54, 1.807) is 30.3 Å². The Balaban J connectivity index is 2.43. The van der Waals surface area contributed by atoms with Gasteiger partial charge in [-0.25, -0.2) is 0 Å². The summed E-state index contributed by atoms with van der Waals surface area (Å²) in [5, 5.41) is 1.60. The van der Waals surface area contributed by atoms with E-state index >= 15 is 0 Å². The van der Waals surface area contributed by atoms with Crippen LogP contribution >= 0.6 is 46.6 Å². The molecule has 5 heteroatoms. The molecule has 0 atom stereocenters. The molecule has 0 amide bonds. The second-order valence-electron chi connectivity index (χ2n) is 3.45. The average Bonchev–Trinajstić information content (AvgIpc) is 2.34. The molecule has 0 aliphatic heterocycles. The van der Waals surface area contributed by atoms with Crippen LogP contribution in [-0.4, -0.2) is 6.29 Å². The third-order valence-corrected chi connectivity index (χ3v) is 4.38. The van der Waals surface area contributed by atoms with Gasteiger partial charge in [-0.15, -0.1) is 0 Å². The molecule has 0 spiro atoms. The van der Waals surface area contributed by atoms with E-state index in [0.717, 1.165) is 16.1 Å². The van der Waals surface area contributed by atoms with E-state index in [0.29, 0.717) is 20.6 Å². The zero-order valence-corrected chi connectivity index (χ0v) is 12.1. The summed E-state index contributed by atoms with van der Waals surface area (Å²) in [7, 11) is 0. The maximum absolute atomic E-state index is 11.0. The highest BCUT2D eigenvalue weighted by molar-refractivity contribution is 7.99. The van der Waals surface area contributed by atoms with E-state index in [9.17, 15) is 4.79 Å². The van der Waals surface area contributed by atoms with Crippen molar-refractivity contribution in [1.82, 2.24) is 0 Å². The minimum absolute atomic E-state index is 0.424. The number of carbonyl (C=O) groups is 1. The van der Waals surface area contributed by atoms with E-state index in [1.165, 1.54) is 11.8 Å². The van der Waals surface area contributed by atoms with Gasteiger partial charge in [-0.1, -0.05) is 52.6 Å². The zero-order chi connectivity index (χ0) is 13.1. The van der Waals surface area contributed by atoms with E-state index in [-0.39, 0.29) is 0 Å². The average molecular weight is 318 g/mol. The lowest BCUT2D eigenvalue weighted by molar-refractivity contribution is 0.112. The van der Waals surface area contributed by atoms with Crippen molar-refractivity contribution < 1.29 is 4.79 Å². The molecule has 0 saturated carbocycles. The molecule has 0 unspecified atom stereocenters. The first kappa shape index (κ1) is 13.8. The topological polar surface area (TPSA) is 17.1 Å². The standard InChI is InChI=1S/C13H7Cl3OS/c14-8-4-5-11(16)13(6-8)18-12-3-1-2-10(15)9(12)7-17/h1-7H. The summed E-state index contributed by atoms with van der Waals surface area (Å²) in [6, 6.07) is 10.5. The molecule has 0 heterocycles. The minimum atomic E-state index is 0.424. The Morgan fingerprint density at radius 1 is 0.944 bits per heavy atom. The summed E-state index contributed by atoms with van der Waals surface area (Å²) >= 11 is 19.3. The van der Waals surface area contributed by atoms with Crippen LogP contribution in [0, 0.1) is 0 Å². The molecule has 2 aromatic rings. The van der Waals surface area contributed by atoms with Crippen molar-refractivity contribution in [3.8, 4) is 0 Å². The van der Waals surface area contributed by atoms with Gasteiger partial charge in [0.2, 0.25) is 0 Å². The fraction of sp³-hybridized carbons (Fsp3) is 0. The molecule has 92 valence electrons. The lowest BCUT2D eigenvalue weighted by Crippen LogP contribution is -1.87. The fourth-order valence-corrected chi connectivity index (χ4v) is 3.14. The number of aldehydes is 1. The molecule has 0 N–H and O–H groups in total. The first-order valence-corrected chi connectivity index (χ1v) is 6.93. The van der Waals surface area contributed by atoms with Crippen molar-refractivity contribution >= 4 is 52.9 Å². The highest BCUT2D eigenvalue weighted by Crippen LogP contribution is 2.37. The van der Waals surface area contributed by atoms with Crippen LogP contribution in [0.15, 0.2) is 46.2 Å². The van der Waals surface area contributed by atoms with Crippen LogP contribution in [0.1, 0.15) is 10.4 Å². The molecule has 1 nitrogen and oxygen atoms in total. The van der Waals surface area contributed by atoms with Crippen LogP contribution in [0.3, 0.4) is 0 Å². The molecule has 0 fully saturated rings. The van der Waals surface area contributed by atoms with Crippen molar-refractivity contribution in [2.75, 3.05) is 0 Å². The Bertz CT molecular complexity index is 599. The van der Waals surface area contributed by atoms with Crippen molar-refractivity contribution in [1.29, 1.82) is 0 Å². The largest absolute Gasteiger partial charge is 0.298 e. The molecule has 0 aliphatic carbocycles. The molecular formula is C13H7Cl3OS. The van der Waals surface area contributed by atoms with Crippen molar-refractivity contribution in [2.45, 2.75) is 9.79 Å². The number of hydrogen-bond acceptors (Lipinski definition) is 2. The SMILES string of the molecule is O=Cc1c(Cl)cccc1Sc1cc(Cl)ccc1Cl. The van der Waals surface area contributed by atoms with Gasteiger partial charge in [0.1, 0.15) is 0 Å². The smallest absolute Gasteiger partial charge is 0.152 e. The van der Waals surface area contributed by atoms with E-state index in [1.807, 2.05) is 6.07 Å². The van der Waals surface area contributed by atoms with Gasteiger partial charge < -0.3 is 0 Å². The molecule has 0 bridgehead atoms. The zero-order valence-electron chi connectivity index (χ0n) is 8.99. The lowest BCUT2D eigenvalue weighted by Gasteiger charge is -2.08. The summed E-state index contributed by atoms with van der Waals surface area (Å²) in [4.78, 5) is 12.6. The van der Waals surface area contributed by atoms with Crippen LogP contribution in [0.25, 0.3) is 0 Å². The summed E-state index contributed by atoms with van der Waals surface area (Å²) in [5.41, 5.74) is 0.459. The van der Waals surface area contributed by atoms with E-state index in [4.69, 9.17) is 34.8 Å². The fourth-order valence-electron chi connectivity index (χ4n) is 1.39. The second kappa shape index (κ2) is 5.98. The van der Waals surface area contributed by atoms with Gasteiger partial charge in [0, 0.05) is 20.4 Å². The number of benzene rings is 2. The molecule has 0 aliphatic rings. The summed E-state index contributed by atoms with van der Waals surface area (Å²) in [6.07, 6.45) is 0.739. The van der Waals surface area contributed by atoms with Crippen molar-refractivity contribution in [2.24, 2.45) is 0 Å². The predicted octanol–water partition coefficient (Wildman–Crippen LogP) is 5.61. The van der Waals surface area contributed by atoms with Gasteiger partial charge in [0.15, 0.2) is 6.29 Å². The number of rotatable bonds is 3. The molecular weight excluding hydrogens is 311 g/mol. The van der Waals surface area contributed by atoms with Crippen LogP contribution < -0.4 is 0 Å². The highest BCUT2D eigenvalue weighted by Gasteiger charge is 2.10. The van der Waals surface area contributed by atoms with Gasteiger partial charge >= 0.3 is 0 Å². The maximum Gasteiger partial charge on any atom is 0.152 e. The summed E-state index contributed by atoms with van der Waals surface area (Å²) < 4.78 is 0. The molecule has 18 heavy (non-hydrogen) atoms. The van der Waals surface area contributed by atoms with Gasteiger partial charge in [-0.2, -0.15) is 0 Å². The van der Waals surface area contributed by atoms with Crippen molar-refractivity contribution in [3.05, 3.63) is 57.0 Å². The third kappa shape index (κ3) is 3.01. The van der Waals surface area contributed by atoms with Crippen LogP contribution in [-0.2, 0) is 0 Å². The second-order valence-corrected chi connectivity index (χ2v) is 5.78. The van der Waals surface area contributed by atoms with Gasteiger partial charge in [0.05, 0.1) is 10.0 Å². The number of hydrogen-bond donors (Lipinski definition) is 0. The Morgan fingerprint density at radius 3 is 2.44 bits per heavy atom. The molecule has 0 saturated heterocycles. The first-order chi connectivity index (χ1) is 8.61. The van der Waals surface area contributed by atoms with Gasteiger partial charge in [-0.3, -0.25) is 4.79 Å². The lowest BCUT2D eigenvalue weighted by atomic mass is 10.2. The van der Waals surface area contributed by atoms with Crippen LogP contribution in [0.2, 0.25) is 15.1 Å². The van der Waals surface area contributed by atoms with Gasteiger partial charge in [-0.05, 0) is 30.3 Å². The molecule has 0 radical (unpaired) electrons. The Labute approximate surface area is 124 Å². The van der Waals surface area contributed by atoms with Gasteiger partial charge in [0.25, 0.3) is 0 Å². The highest BCUT2D eigenvalue weighted by atomic mass is 35.5. The van der Waals surface area contributed by atoms with Crippen molar-refractivity contribution in [3.63, 3.8) is 0 Å². The van der Waals surface area contributed by atoms with Crippen LogP contribution in [0.4, 0.5) is 0 Å². The molecule has 2 aromatic carbocycles. The predicted molar refractivity (Wildman–Crippen MR) is 77.4 cm³/mol. The molecule has 2 rings (SSSR count). The normalized spacial score (nSPS) is 10.4. The minimum Gasteiger partial charge on any atom is -0.298 e. The van der Waals surface area contributed by atoms with E-state index < -0.39 is 0 Å². The first-order valence-electron chi connectivity index (χ1n) is 4.98. The Hall–Kier alpha value is -0.670. The maximum atomic E-state index is 11.0. The quantitative estimate of drug-likeness (QED) is 0.684. The summed E-state index contributed by atoms with van der Waals surface area (Å²) in [5.74, 6) is 0.